The molecule has 0 amide bonds. The first-order chi connectivity index (χ1) is 5.74. The maximum Gasteiger partial charge on any atom is 0.491 e. The molecule has 0 atom stereocenters. The summed E-state index contributed by atoms with van der Waals surface area (Å²) in [5.41, 5.74) is 0.450. The van der Waals surface area contributed by atoms with E-state index in [1.807, 2.05) is 0 Å². The molecule has 0 aromatic carbocycles. The van der Waals surface area contributed by atoms with E-state index in [0.717, 1.165) is 19.4 Å². The van der Waals surface area contributed by atoms with Crippen LogP contribution >= 0.6 is 0 Å². The molecule has 2 N–H and O–H groups in total. The number of hydrogen-bond donors (Lipinski definition) is 2. The summed E-state index contributed by atoms with van der Waals surface area (Å²) in [5.74, 6) is 0. The van der Waals surface area contributed by atoms with Crippen LogP contribution in [0.3, 0.4) is 0 Å². The van der Waals surface area contributed by atoms with Gasteiger partial charge in [-0.15, -0.1) is 0 Å². The molecule has 4 nitrogen and oxygen atoms in total. The van der Waals surface area contributed by atoms with Crippen LogP contribution in [0.5, 0.6) is 0 Å². The summed E-state index contributed by atoms with van der Waals surface area (Å²) in [6.45, 7) is 2.94. The SMILES string of the molecule is CCCCn1cc(B(O)O)cn1. The molecular weight excluding hydrogens is 155 g/mol. The summed E-state index contributed by atoms with van der Waals surface area (Å²) in [6.07, 6.45) is 5.29. The first-order valence-corrected chi connectivity index (χ1v) is 4.12. The average Bonchev–Trinajstić information content (AvgIpc) is 2.48. The molecule has 66 valence electrons. The standard InChI is InChI=1S/C7H13BN2O2/c1-2-3-4-10-6-7(5-9-10)8(11)12/h5-6,11-12H,2-4H2,1H3. The fraction of sp³-hybridized carbons (Fsp3) is 0.571. The molecule has 12 heavy (non-hydrogen) atoms. The lowest BCUT2D eigenvalue weighted by Crippen LogP contribution is -2.28. The molecule has 0 spiro atoms. The van der Waals surface area contributed by atoms with Gasteiger partial charge >= 0.3 is 7.12 Å². The van der Waals surface area contributed by atoms with Gasteiger partial charge in [-0.2, -0.15) is 5.10 Å². The number of hydrogen-bond acceptors (Lipinski definition) is 3. The molecule has 1 rings (SSSR count). The van der Waals surface area contributed by atoms with Crippen LogP contribution in [-0.4, -0.2) is 26.9 Å². The van der Waals surface area contributed by atoms with E-state index in [1.54, 1.807) is 10.9 Å². The van der Waals surface area contributed by atoms with Gasteiger partial charge in [-0.3, -0.25) is 4.68 Å². The van der Waals surface area contributed by atoms with E-state index in [4.69, 9.17) is 10.0 Å². The summed E-state index contributed by atoms with van der Waals surface area (Å²) in [7, 11) is -1.40. The van der Waals surface area contributed by atoms with Crippen LogP contribution in [0, 0.1) is 0 Å². The molecule has 0 radical (unpaired) electrons. The molecule has 5 heteroatoms. The highest BCUT2D eigenvalue weighted by molar-refractivity contribution is 6.58. The van der Waals surface area contributed by atoms with Crippen molar-refractivity contribution in [2.75, 3.05) is 0 Å². The average molecular weight is 168 g/mol. The Morgan fingerprint density at radius 3 is 2.83 bits per heavy atom. The summed E-state index contributed by atoms with van der Waals surface area (Å²) in [4.78, 5) is 0. The molecular formula is C7H13BN2O2. The third kappa shape index (κ3) is 2.35. The highest BCUT2D eigenvalue weighted by atomic mass is 16.4. The second-order valence-electron chi connectivity index (χ2n) is 2.76. The van der Waals surface area contributed by atoms with E-state index in [2.05, 4.69) is 12.0 Å². The van der Waals surface area contributed by atoms with Crippen LogP contribution in [0.2, 0.25) is 0 Å². The topological polar surface area (TPSA) is 58.3 Å². The Morgan fingerprint density at radius 2 is 2.33 bits per heavy atom. The molecule has 0 aliphatic heterocycles. The number of aromatic nitrogens is 2. The third-order valence-corrected chi connectivity index (χ3v) is 1.69. The van der Waals surface area contributed by atoms with Gasteiger partial charge in [0.25, 0.3) is 0 Å². The molecule has 0 saturated heterocycles. The summed E-state index contributed by atoms with van der Waals surface area (Å²) in [6, 6.07) is 0. The minimum atomic E-state index is -1.40. The van der Waals surface area contributed by atoms with Crippen molar-refractivity contribution < 1.29 is 10.0 Å². The highest BCUT2D eigenvalue weighted by Crippen LogP contribution is 1.91. The Labute approximate surface area is 72.0 Å². The van der Waals surface area contributed by atoms with Gasteiger partial charge in [-0.05, 0) is 6.42 Å². The largest absolute Gasteiger partial charge is 0.491 e. The lowest BCUT2D eigenvalue weighted by Gasteiger charge is -1.97. The second kappa shape index (κ2) is 4.28. The van der Waals surface area contributed by atoms with Crippen molar-refractivity contribution in [2.24, 2.45) is 0 Å². The van der Waals surface area contributed by atoms with E-state index in [9.17, 15) is 0 Å². The van der Waals surface area contributed by atoms with Crippen LogP contribution in [0.1, 0.15) is 19.8 Å². The smallest absolute Gasteiger partial charge is 0.423 e. The number of rotatable bonds is 4. The van der Waals surface area contributed by atoms with Gasteiger partial charge in [0.05, 0.1) is 0 Å². The number of unbranched alkanes of at least 4 members (excludes halogenated alkanes) is 1. The Bertz CT molecular complexity index is 237. The first kappa shape index (κ1) is 9.28. The molecule has 1 aromatic heterocycles. The number of aryl methyl sites for hydroxylation is 1. The maximum atomic E-state index is 8.76. The normalized spacial score (nSPS) is 10.2. The zero-order valence-corrected chi connectivity index (χ0v) is 7.14. The fourth-order valence-electron chi connectivity index (χ4n) is 0.955. The molecule has 0 unspecified atom stereocenters. The van der Waals surface area contributed by atoms with Crippen molar-refractivity contribution in [3.8, 4) is 0 Å². The molecule has 0 bridgehead atoms. The predicted octanol–water partition coefficient (Wildman–Crippen LogP) is -0.637. The fourth-order valence-corrected chi connectivity index (χ4v) is 0.955. The van der Waals surface area contributed by atoms with Crippen LogP contribution in [0.4, 0.5) is 0 Å². The van der Waals surface area contributed by atoms with Gasteiger partial charge in [0.15, 0.2) is 0 Å². The monoisotopic (exact) mass is 168 g/mol. The van der Waals surface area contributed by atoms with Gasteiger partial charge in [-0.25, -0.2) is 0 Å². The maximum absolute atomic E-state index is 8.76. The van der Waals surface area contributed by atoms with Crippen LogP contribution in [0.25, 0.3) is 0 Å². The zero-order chi connectivity index (χ0) is 8.97. The Hall–Kier alpha value is -0.805. The highest BCUT2D eigenvalue weighted by Gasteiger charge is 2.12. The summed E-state index contributed by atoms with van der Waals surface area (Å²) < 4.78 is 1.72. The second-order valence-corrected chi connectivity index (χ2v) is 2.76. The third-order valence-electron chi connectivity index (χ3n) is 1.69. The van der Waals surface area contributed by atoms with Crippen molar-refractivity contribution in [3.05, 3.63) is 12.4 Å². The van der Waals surface area contributed by atoms with E-state index in [1.165, 1.54) is 6.20 Å². The predicted molar refractivity (Wildman–Crippen MR) is 47.0 cm³/mol. The van der Waals surface area contributed by atoms with Crippen molar-refractivity contribution in [2.45, 2.75) is 26.3 Å². The van der Waals surface area contributed by atoms with E-state index in [0.29, 0.717) is 5.46 Å². The molecule has 1 heterocycles. The van der Waals surface area contributed by atoms with Crippen molar-refractivity contribution in [1.82, 2.24) is 9.78 Å². The van der Waals surface area contributed by atoms with Crippen LogP contribution in [0.15, 0.2) is 12.4 Å². The molecule has 0 aliphatic rings. The van der Waals surface area contributed by atoms with Gasteiger partial charge in [-0.1, -0.05) is 13.3 Å². The summed E-state index contributed by atoms with van der Waals surface area (Å²) >= 11 is 0. The summed E-state index contributed by atoms with van der Waals surface area (Å²) in [5, 5.41) is 21.5. The van der Waals surface area contributed by atoms with Crippen molar-refractivity contribution in [3.63, 3.8) is 0 Å². The Morgan fingerprint density at radius 1 is 1.58 bits per heavy atom. The van der Waals surface area contributed by atoms with Crippen molar-refractivity contribution >= 4 is 12.6 Å². The van der Waals surface area contributed by atoms with E-state index < -0.39 is 7.12 Å². The lowest BCUT2D eigenvalue weighted by molar-refractivity contribution is 0.425. The molecule has 0 aliphatic carbocycles. The van der Waals surface area contributed by atoms with Gasteiger partial charge in [0.1, 0.15) is 0 Å². The van der Waals surface area contributed by atoms with E-state index in [-0.39, 0.29) is 0 Å². The lowest BCUT2D eigenvalue weighted by atomic mass is 9.83. The molecule has 0 saturated carbocycles. The first-order valence-electron chi connectivity index (χ1n) is 4.12. The van der Waals surface area contributed by atoms with E-state index >= 15 is 0 Å². The van der Waals surface area contributed by atoms with Crippen LogP contribution < -0.4 is 5.46 Å². The van der Waals surface area contributed by atoms with Gasteiger partial charge in [0, 0.05) is 24.4 Å². The van der Waals surface area contributed by atoms with Crippen LogP contribution in [-0.2, 0) is 6.54 Å². The minimum Gasteiger partial charge on any atom is -0.423 e. The quantitative estimate of drug-likeness (QED) is 0.588. The van der Waals surface area contributed by atoms with Crippen molar-refractivity contribution in [1.29, 1.82) is 0 Å². The molecule has 0 fully saturated rings. The minimum absolute atomic E-state index is 0.450. The zero-order valence-electron chi connectivity index (χ0n) is 7.14. The Balaban J connectivity index is 2.52. The number of nitrogens with zero attached hydrogens (tertiary/aromatic N) is 2. The molecule has 1 aromatic rings. The Kier molecular flexibility index (Phi) is 3.31. The van der Waals surface area contributed by atoms with Gasteiger partial charge < -0.3 is 10.0 Å². The van der Waals surface area contributed by atoms with Gasteiger partial charge in [0.2, 0.25) is 0 Å².